The van der Waals surface area contributed by atoms with Crippen LogP contribution in [0.25, 0.3) is 54.5 Å². The van der Waals surface area contributed by atoms with Crippen molar-refractivity contribution in [3.8, 4) is 5.75 Å². The molecule has 7 aromatic rings. The second kappa shape index (κ2) is 10.1. The average Bonchev–Trinajstić information content (AvgIpc) is 3.80. The van der Waals surface area contributed by atoms with Gasteiger partial charge in [0.05, 0.1) is 42.4 Å². The predicted octanol–water partition coefficient (Wildman–Crippen LogP) is 4.99. The second-order valence-electron chi connectivity index (χ2n) is 12.1. The Bertz CT molecular complexity index is 2490. The zero-order valence-corrected chi connectivity index (χ0v) is 25.3. The lowest BCUT2D eigenvalue weighted by atomic mass is 9.96. The number of para-hydroxylation sites is 2. The molecule has 234 valence electrons. The summed E-state index contributed by atoms with van der Waals surface area (Å²) in [6, 6.07) is 21.1. The molecule has 5 heterocycles. The molecule has 47 heavy (non-hydrogen) atoms. The van der Waals surface area contributed by atoms with E-state index in [9.17, 15) is 19.5 Å². The number of rotatable bonds is 5. The molecule has 0 fully saturated rings. The summed E-state index contributed by atoms with van der Waals surface area (Å²) in [5.74, 6) is -0.115. The minimum absolute atomic E-state index is 0.115. The molecule has 0 bridgehead atoms. The second-order valence-corrected chi connectivity index (χ2v) is 12.1. The van der Waals surface area contributed by atoms with Gasteiger partial charge in [0.15, 0.2) is 0 Å². The maximum atomic E-state index is 13.4. The van der Waals surface area contributed by atoms with Crippen LogP contribution in [0.3, 0.4) is 0 Å². The molecule has 0 radical (unpaired) electrons. The fraction of sp³-hybridized carbons (Fsp3) is 0.194. The molecule has 0 aliphatic carbocycles. The third-order valence-corrected chi connectivity index (χ3v) is 9.66. The highest BCUT2D eigenvalue weighted by atomic mass is 16.6. The van der Waals surface area contributed by atoms with Gasteiger partial charge >= 0.3 is 6.09 Å². The molecule has 4 N–H and O–H groups in total. The molecule has 2 atom stereocenters. The van der Waals surface area contributed by atoms with Crippen LogP contribution in [-0.4, -0.2) is 63.0 Å². The van der Waals surface area contributed by atoms with Crippen molar-refractivity contribution < 1.29 is 29.0 Å². The largest absolute Gasteiger partial charge is 0.497 e. The summed E-state index contributed by atoms with van der Waals surface area (Å²) in [6.45, 7) is 0.583. The Morgan fingerprint density at radius 1 is 0.894 bits per heavy atom. The summed E-state index contributed by atoms with van der Waals surface area (Å²) in [5.41, 5.74) is 5.84. The van der Waals surface area contributed by atoms with Gasteiger partial charge in [0.25, 0.3) is 11.8 Å². The number of hydrogen-bond donors (Lipinski definition) is 4. The van der Waals surface area contributed by atoms with E-state index in [2.05, 4.69) is 15.6 Å². The molecular weight excluding hydrogens is 598 g/mol. The number of hydrogen-bond acceptors (Lipinski definition) is 6. The van der Waals surface area contributed by atoms with E-state index in [0.29, 0.717) is 34.9 Å². The standard InChI is InChI=1S/C36H29N5O6/c1-46-19-10-11-23-22(14-19)18(15-38-23)12-13-37-36(45)47-27-17-41-25-9-5-3-7-21(25)29-31-30(34(43)39-35(31)44)28-20-6-2-4-8-24(20)40(16-26(27)42)32(28)33(29)41/h2-11,14-15,26-27,38,42H,12-13,16-17H2,1H3,(H,37,45)(H,39,43,44). The number of benzene rings is 4. The lowest BCUT2D eigenvalue weighted by Gasteiger charge is -2.28. The Labute approximate surface area is 266 Å². The van der Waals surface area contributed by atoms with Crippen molar-refractivity contribution in [1.82, 2.24) is 24.8 Å². The number of carbonyl (C=O) groups excluding carboxylic acids is 3. The van der Waals surface area contributed by atoms with E-state index in [1.807, 2.05) is 82.1 Å². The molecule has 0 spiro atoms. The number of methoxy groups -OCH3 is 1. The van der Waals surface area contributed by atoms with Crippen molar-refractivity contribution in [3.63, 3.8) is 0 Å². The van der Waals surface area contributed by atoms with E-state index in [-0.39, 0.29) is 13.1 Å². The maximum absolute atomic E-state index is 13.4. The summed E-state index contributed by atoms with van der Waals surface area (Å²) in [4.78, 5) is 43.2. The zero-order valence-electron chi connectivity index (χ0n) is 25.3. The quantitative estimate of drug-likeness (QED) is 0.198. The Morgan fingerprint density at radius 3 is 2.19 bits per heavy atom. The summed E-state index contributed by atoms with van der Waals surface area (Å²) in [6.07, 6.45) is -0.150. The normalized spacial score (nSPS) is 17.5. The van der Waals surface area contributed by atoms with Crippen LogP contribution in [0, 0.1) is 0 Å². The number of carbonyl (C=O) groups is 3. The monoisotopic (exact) mass is 627 g/mol. The topological polar surface area (TPSA) is 140 Å². The van der Waals surface area contributed by atoms with Crippen molar-refractivity contribution in [3.05, 3.63) is 89.6 Å². The fourth-order valence-corrected chi connectivity index (χ4v) is 7.61. The van der Waals surface area contributed by atoms with Gasteiger partial charge in [-0.3, -0.25) is 14.9 Å². The first-order chi connectivity index (χ1) is 22.9. The van der Waals surface area contributed by atoms with Crippen LogP contribution < -0.4 is 15.4 Å². The van der Waals surface area contributed by atoms with Crippen LogP contribution in [-0.2, 0) is 24.2 Å². The zero-order chi connectivity index (χ0) is 32.0. The van der Waals surface area contributed by atoms with Crippen molar-refractivity contribution in [2.75, 3.05) is 13.7 Å². The van der Waals surface area contributed by atoms with Gasteiger partial charge in [-0.1, -0.05) is 36.4 Å². The molecular formula is C36H29N5O6. The van der Waals surface area contributed by atoms with Gasteiger partial charge < -0.3 is 34.0 Å². The average molecular weight is 628 g/mol. The van der Waals surface area contributed by atoms with Crippen LogP contribution in [0.1, 0.15) is 26.3 Å². The van der Waals surface area contributed by atoms with Gasteiger partial charge in [0, 0.05) is 56.2 Å². The number of ether oxygens (including phenoxy) is 2. The van der Waals surface area contributed by atoms with Crippen LogP contribution >= 0.6 is 0 Å². The molecule has 4 aromatic carbocycles. The first-order valence-electron chi connectivity index (χ1n) is 15.5. The maximum Gasteiger partial charge on any atom is 0.407 e. The summed E-state index contributed by atoms with van der Waals surface area (Å²) in [7, 11) is 1.63. The SMILES string of the molecule is COc1ccc2[nH]cc(CCNC(=O)OC3Cn4c5ccccc5c5c6c(c7c8ccccc8n(c7c54)CC3O)C(=O)NC6=O)c2c1. The highest BCUT2D eigenvalue weighted by molar-refractivity contribution is 6.39. The number of aliphatic hydroxyl groups is 1. The van der Waals surface area contributed by atoms with E-state index >= 15 is 0 Å². The fourth-order valence-electron chi connectivity index (χ4n) is 7.61. The third-order valence-electron chi connectivity index (χ3n) is 9.66. The number of alkyl carbamates (subject to hydrolysis) is 1. The molecule has 2 unspecified atom stereocenters. The van der Waals surface area contributed by atoms with Gasteiger partial charge in [0.2, 0.25) is 0 Å². The first kappa shape index (κ1) is 27.5. The van der Waals surface area contributed by atoms with Crippen molar-refractivity contribution >= 4 is 72.4 Å². The van der Waals surface area contributed by atoms with Crippen molar-refractivity contribution in [2.24, 2.45) is 0 Å². The molecule has 11 heteroatoms. The lowest BCUT2D eigenvalue weighted by molar-refractivity contribution is -0.0122. The molecule has 0 saturated carbocycles. The molecule has 0 saturated heterocycles. The smallest absolute Gasteiger partial charge is 0.407 e. The predicted molar refractivity (Wildman–Crippen MR) is 177 cm³/mol. The first-order valence-corrected chi connectivity index (χ1v) is 15.5. The number of nitrogens with one attached hydrogen (secondary N) is 3. The minimum atomic E-state index is -1.08. The van der Waals surface area contributed by atoms with E-state index in [1.54, 1.807) is 7.11 Å². The molecule has 3 amide bonds. The van der Waals surface area contributed by atoms with Crippen molar-refractivity contribution in [1.29, 1.82) is 0 Å². The summed E-state index contributed by atoms with van der Waals surface area (Å²) >= 11 is 0. The highest BCUT2D eigenvalue weighted by Crippen LogP contribution is 2.45. The number of nitrogens with zero attached hydrogens (tertiary/aromatic N) is 2. The van der Waals surface area contributed by atoms with Gasteiger partial charge in [0.1, 0.15) is 18.0 Å². The molecule has 2 aliphatic rings. The number of aromatic amines is 1. The van der Waals surface area contributed by atoms with Gasteiger partial charge in [-0.15, -0.1) is 0 Å². The Morgan fingerprint density at radius 2 is 1.53 bits per heavy atom. The lowest BCUT2D eigenvalue weighted by Crippen LogP contribution is -2.41. The number of imide groups is 1. The van der Waals surface area contributed by atoms with Crippen LogP contribution in [0.4, 0.5) is 4.79 Å². The summed E-state index contributed by atoms with van der Waals surface area (Å²) < 4.78 is 15.3. The molecule has 2 aliphatic heterocycles. The Hall–Kier alpha value is -5.81. The van der Waals surface area contributed by atoms with Crippen molar-refractivity contribution in [2.45, 2.75) is 31.7 Å². The molecule has 9 rings (SSSR count). The van der Waals surface area contributed by atoms with E-state index in [0.717, 1.165) is 55.1 Å². The number of H-pyrrole nitrogens is 1. The third kappa shape index (κ3) is 3.93. The van der Waals surface area contributed by atoms with Gasteiger partial charge in [-0.25, -0.2) is 4.79 Å². The number of amides is 3. The van der Waals surface area contributed by atoms with Crippen LogP contribution in [0.15, 0.2) is 72.9 Å². The highest BCUT2D eigenvalue weighted by Gasteiger charge is 2.39. The van der Waals surface area contributed by atoms with E-state index < -0.39 is 30.1 Å². The van der Waals surface area contributed by atoms with Gasteiger partial charge in [-0.05, 0) is 42.3 Å². The van der Waals surface area contributed by atoms with E-state index in [4.69, 9.17) is 9.47 Å². The van der Waals surface area contributed by atoms with Gasteiger partial charge in [-0.2, -0.15) is 0 Å². The van der Waals surface area contributed by atoms with E-state index in [1.165, 1.54) is 0 Å². The Balaban J connectivity index is 1.12. The molecule has 3 aromatic heterocycles. The Kier molecular flexibility index (Phi) is 5.91. The van der Waals surface area contributed by atoms with Crippen LogP contribution in [0.5, 0.6) is 5.75 Å². The molecule has 11 nitrogen and oxygen atoms in total. The number of aromatic nitrogens is 3. The summed E-state index contributed by atoms with van der Waals surface area (Å²) in [5, 5.41) is 21.0. The van der Waals surface area contributed by atoms with Crippen LogP contribution in [0.2, 0.25) is 0 Å². The number of aliphatic hydroxyl groups excluding tert-OH is 1. The minimum Gasteiger partial charge on any atom is -0.497 e. The number of fused-ring (bicyclic) bond motifs is 10.